The molecule has 0 aliphatic rings. The minimum Gasteiger partial charge on any atom is -0.481 e. The zero-order valence-electron chi connectivity index (χ0n) is 9.26. The SMILES string of the molecule is O=C(O)CCc1cnc(CCc2ccco2)o1. The Morgan fingerprint density at radius 1 is 1.29 bits per heavy atom. The molecule has 0 bridgehead atoms. The molecule has 5 heteroatoms. The number of oxazole rings is 1. The molecule has 17 heavy (non-hydrogen) atoms. The van der Waals surface area contributed by atoms with Gasteiger partial charge < -0.3 is 13.9 Å². The van der Waals surface area contributed by atoms with Crippen LogP contribution >= 0.6 is 0 Å². The summed E-state index contributed by atoms with van der Waals surface area (Å²) in [4.78, 5) is 14.5. The summed E-state index contributed by atoms with van der Waals surface area (Å²) in [7, 11) is 0. The quantitative estimate of drug-likeness (QED) is 0.829. The fourth-order valence-corrected chi connectivity index (χ4v) is 1.49. The van der Waals surface area contributed by atoms with Crippen LogP contribution in [0.15, 0.2) is 33.4 Å². The molecule has 0 aromatic carbocycles. The molecule has 0 saturated carbocycles. The van der Waals surface area contributed by atoms with Gasteiger partial charge in [0, 0.05) is 19.3 Å². The molecule has 2 rings (SSSR count). The Bertz CT molecular complexity index is 472. The Labute approximate surface area is 98.1 Å². The molecule has 0 atom stereocenters. The summed E-state index contributed by atoms with van der Waals surface area (Å²) in [5.41, 5.74) is 0. The van der Waals surface area contributed by atoms with Crippen LogP contribution in [0.2, 0.25) is 0 Å². The third-order valence-corrected chi connectivity index (χ3v) is 2.35. The monoisotopic (exact) mass is 235 g/mol. The number of carboxylic acids is 1. The van der Waals surface area contributed by atoms with Crippen LogP contribution in [0.5, 0.6) is 0 Å². The van der Waals surface area contributed by atoms with E-state index in [1.165, 1.54) is 0 Å². The Kier molecular flexibility index (Phi) is 3.59. The second-order valence-corrected chi connectivity index (χ2v) is 3.69. The Morgan fingerprint density at radius 3 is 2.88 bits per heavy atom. The molecule has 0 aliphatic heterocycles. The van der Waals surface area contributed by atoms with Gasteiger partial charge in [-0.1, -0.05) is 0 Å². The van der Waals surface area contributed by atoms with E-state index in [9.17, 15) is 4.79 Å². The molecule has 0 aliphatic carbocycles. The molecular weight excluding hydrogens is 222 g/mol. The van der Waals surface area contributed by atoms with Crippen LogP contribution < -0.4 is 0 Å². The molecule has 0 spiro atoms. The van der Waals surface area contributed by atoms with Gasteiger partial charge in [0.25, 0.3) is 0 Å². The standard InChI is InChI=1S/C12H13NO4/c14-12(15)6-4-10-8-13-11(17-10)5-3-9-2-1-7-16-9/h1-2,7-8H,3-6H2,(H,14,15). The van der Waals surface area contributed by atoms with Gasteiger partial charge >= 0.3 is 5.97 Å². The maximum atomic E-state index is 10.4. The smallest absolute Gasteiger partial charge is 0.303 e. The van der Waals surface area contributed by atoms with E-state index in [0.29, 0.717) is 24.5 Å². The highest BCUT2D eigenvalue weighted by atomic mass is 16.4. The first-order valence-electron chi connectivity index (χ1n) is 5.42. The highest BCUT2D eigenvalue weighted by Gasteiger charge is 2.07. The first kappa shape index (κ1) is 11.4. The van der Waals surface area contributed by atoms with Crippen molar-refractivity contribution < 1.29 is 18.7 Å². The highest BCUT2D eigenvalue weighted by molar-refractivity contribution is 5.66. The summed E-state index contributed by atoms with van der Waals surface area (Å²) in [5, 5.41) is 8.54. The molecule has 5 nitrogen and oxygen atoms in total. The van der Waals surface area contributed by atoms with Gasteiger partial charge in [0.05, 0.1) is 18.9 Å². The van der Waals surface area contributed by atoms with Gasteiger partial charge in [-0.2, -0.15) is 0 Å². The van der Waals surface area contributed by atoms with Crippen LogP contribution in [0.25, 0.3) is 0 Å². The predicted molar refractivity (Wildman–Crippen MR) is 58.6 cm³/mol. The van der Waals surface area contributed by atoms with Gasteiger partial charge in [-0.3, -0.25) is 4.79 Å². The zero-order chi connectivity index (χ0) is 12.1. The van der Waals surface area contributed by atoms with Crippen molar-refractivity contribution in [2.24, 2.45) is 0 Å². The third-order valence-electron chi connectivity index (χ3n) is 2.35. The molecule has 0 amide bonds. The number of rotatable bonds is 6. The Hall–Kier alpha value is -2.04. The number of aromatic nitrogens is 1. The number of carboxylic acid groups (broad SMARTS) is 1. The fraction of sp³-hybridized carbons (Fsp3) is 0.333. The number of furan rings is 1. The van der Waals surface area contributed by atoms with Crippen LogP contribution in [0.3, 0.4) is 0 Å². The van der Waals surface area contributed by atoms with E-state index < -0.39 is 5.97 Å². The van der Waals surface area contributed by atoms with E-state index in [0.717, 1.165) is 12.2 Å². The molecule has 90 valence electrons. The molecule has 2 heterocycles. The van der Waals surface area contributed by atoms with Crippen molar-refractivity contribution in [3.63, 3.8) is 0 Å². The second-order valence-electron chi connectivity index (χ2n) is 3.69. The lowest BCUT2D eigenvalue weighted by Gasteiger charge is -1.94. The minimum atomic E-state index is -0.835. The van der Waals surface area contributed by atoms with E-state index in [1.54, 1.807) is 12.5 Å². The third kappa shape index (κ3) is 3.48. The fourth-order valence-electron chi connectivity index (χ4n) is 1.49. The lowest BCUT2D eigenvalue weighted by molar-refractivity contribution is -0.137. The van der Waals surface area contributed by atoms with Gasteiger partial charge in [0.1, 0.15) is 11.5 Å². The summed E-state index contributed by atoms with van der Waals surface area (Å²) >= 11 is 0. The average molecular weight is 235 g/mol. The topological polar surface area (TPSA) is 76.5 Å². The largest absolute Gasteiger partial charge is 0.481 e. The molecule has 0 saturated heterocycles. The number of hydrogen-bond donors (Lipinski definition) is 1. The summed E-state index contributed by atoms with van der Waals surface area (Å²) in [5.74, 6) is 1.28. The van der Waals surface area contributed by atoms with Crippen molar-refractivity contribution in [3.05, 3.63) is 42.0 Å². The van der Waals surface area contributed by atoms with E-state index in [4.69, 9.17) is 13.9 Å². The van der Waals surface area contributed by atoms with E-state index >= 15 is 0 Å². The van der Waals surface area contributed by atoms with Crippen molar-refractivity contribution in [2.45, 2.75) is 25.7 Å². The Balaban J connectivity index is 1.83. The first-order valence-corrected chi connectivity index (χ1v) is 5.42. The van der Waals surface area contributed by atoms with Crippen LogP contribution in [0, 0.1) is 0 Å². The predicted octanol–water partition coefficient (Wildman–Crippen LogP) is 2.07. The number of carbonyl (C=O) groups is 1. The molecule has 2 aromatic heterocycles. The van der Waals surface area contributed by atoms with E-state index in [-0.39, 0.29) is 6.42 Å². The van der Waals surface area contributed by atoms with Crippen molar-refractivity contribution in [1.82, 2.24) is 4.98 Å². The normalized spacial score (nSPS) is 10.6. The first-order chi connectivity index (χ1) is 8.24. The summed E-state index contributed by atoms with van der Waals surface area (Å²) < 4.78 is 10.6. The lowest BCUT2D eigenvalue weighted by atomic mass is 10.2. The number of aliphatic carboxylic acids is 1. The average Bonchev–Trinajstić information content (AvgIpc) is 2.95. The summed E-state index contributed by atoms with van der Waals surface area (Å²) in [6.07, 6.45) is 5.03. The number of aryl methyl sites for hydroxylation is 3. The van der Waals surface area contributed by atoms with Gasteiger partial charge in [-0.25, -0.2) is 4.98 Å². The molecule has 0 radical (unpaired) electrons. The van der Waals surface area contributed by atoms with Crippen molar-refractivity contribution in [2.75, 3.05) is 0 Å². The van der Waals surface area contributed by atoms with Gasteiger partial charge in [0.2, 0.25) is 0 Å². The lowest BCUT2D eigenvalue weighted by Crippen LogP contribution is -1.96. The minimum absolute atomic E-state index is 0.0623. The van der Waals surface area contributed by atoms with Gasteiger partial charge in [-0.05, 0) is 12.1 Å². The molecule has 2 aromatic rings. The van der Waals surface area contributed by atoms with Gasteiger partial charge in [-0.15, -0.1) is 0 Å². The zero-order valence-corrected chi connectivity index (χ0v) is 9.26. The summed E-state index contributed by atoms with van der Waals surface area (Å²) in [6.45, 7) is 0. The van der Waals surface area contributed by atoms with Gasteiger partial charge in [0.15, 0.2) is 5.89 Å². The molecule has 0 fully saturated rings. The molecular formula is C12H13NO4. The Morgan fingerprint density at radius 2 is 2.18 bits per heavy atom. The van der Waals surface area contributed by atoms with E-state index in [1.807, 2.05) is 12.1 Å². The van der Waals surface area contributed by atoms with Crippen molar-refractivity contribution in [1.29, 1.82) is 0 Å². The van der Waals surface area contributed by atoms with Crippen molar-refractivity contribution >= 4 is 5.97 Å². The van der Waals surface area contributed by atoms with Crippen molar-refractivity contribution in [3.8, 4) is 0 Å². The van der Waals surface area contributed by atoms with Crippen LogP contribution in [-0.2, 0) is 24.1 Å². The second kappa shape index (κ2) is 5.34. The van der Waals surface area contributed by atoms with Crippen LogP contribution in [-0.4, -0.2) is 16.1 Å². The molecule has 0 unspecified atom stereocenters. The molecule has 1 N–H and O–H groups in total. The number of hydrogen-bond acceptors (Lipinski definition) is 4. The maximum Gasteiger partial charge on any atom is 0.303 e. The van der Waals surface area contributed by atoms with E-state index in [2.05, 4.69) is 4.98 Å². The number of nitrogens with zero attached hydrogens (tertiary/aromatic N) is 1. The highest BCUT2D eigenvalue weighted by Crippen LogP contribution is 2.10. The van der Waals surface area contributed by atoms with Crippen LogP contribution in [0.1, 0.15) is 23.8 Å². The summed E-state index contributed by atoms with van der Waals surface area (Å²) in [6, 6.07) is 3.73. The maximum absolute atomic E-state index is 10.4. The van der Waals surface area contributed by atoms with Crippen LogP contribution in [0.4, 0.5) is 0 Å².